The number of amides is 1. The van der Waals surface area contributed by atoms with E-state index in [2.05, 4.69) is 26.1 Å². The SMILES string of the molecule is CCCCCCCCCCCCCCCCCCCC(=O)OC(CCCCCCCCCCCCCCCCC)CC(=O)NC(CO)C(O)CCCCCCCCCCCCCC. The van der Waals surface area contributed by atoms with Crippen molar-refractivity contribution in [2.24, 2.45) is 0 Å². The number of aliphatic hydroxyl groups excluding tert-OH is 2. The number of carbonyl (C=O) groups is 2. The Hall–Kier alpha value is -1.14. The minimum absolute atomic E-state index is 0.0885. The van der Waals surface area contributed by atoms with Crippen molar-refractivity contribution in [3.05, 3.63) is 0 Å². The van der Waals surface area contributed by atoms with Gasteiger partial charge in [0.05, 0.1) is 25.2 Å². The quantitative estimate of drug-likeness (QED) is 0.0418. The number of hydrogen-bond acceptors (Lipinski definition) is 5. The number of nitrogens with one attached hydrogen (secondary N) is 1. The van der Waals surface area contributed by atoms with Crippen molar-refractivity contribution >= 4 is 11.9 Å². The van der Waals surface area contributed by atoms with E-state index in [9.17, 15) is 19.8 Å². The number of hydrogen-bond donors (Lipinski definition) is 3. The molecule has 0 heterocycles. The van der Waals surface area contributed by atoms with Crippen LogP contribution in [0.1, 0.15) is 329 Å². The van der Waals surface area contributed by atoms with Crippen LogP contribution < -0.4 is 5.32 Å². The lowest BCUT2D eigenvalue weighted by molar-refractivity contribution is -0.151. The highest BCUT2D eigenvalue weighted by atomic mass is 16.5. The normalized spacial score (nSPS) is 13.0. The van der Waals surface area contributed by atoms with Crippen LogP contribution in [0.15, 0.2) is 0 Å². The van der Waals surface area contributed by atoms with Crippen LogP contribution in [0, 0.1) is 0 Å². The summed E-state index contributed by atoms with van der Waals surface area (Å²) in [6.45, 7) is 6.53. The van der Waals surface area contributed by atoms with Crippen LogP contribution in [0.5, 0.6) is 0 Å². The summed E-state index contributed by atoms with van der Waals surface area (Å²) in [5.74, 6) is -0.445. The van der Waals surface area contributed by atoms with E-state index in [-0.39, 0.29) is 24.9 Å². The summed E-state index contributed by atoms with van der Waals surface area (Å²) in [6.07, 6.45) is 57.4. The van der Waals surface area contributed by atoms with Gasteiger partial charge in [0, 0.05) is 6.42 Å². The first kappa shape index (κ1) is 61.9. The summed E-state index contributed by atoms with van der Waals surface area (Å²) in [4.78, 5) is 26.2. The van der Waals surface area contributed by atoms with Crippen molar-refractivity contribution in [1.82, 2.24) is 5.32 Å². The second-order valence-electron chi connectivity index (χ2n) is 20.1. The minimum Gasteiger partial charge on any atom is -0.462 e. The van der Waals surface area contributed by atoms with Gasteiger partial charge in [-0.05, 0) is 25.7 Å². The van der Waals surface area contributed by atoms with Crippen molar-refractivity contribution in [1.29, 1.82) is 0 Å². The zero-order valence-electron chi connectivity index (χ0n) is 43.0. The highest BCUT2D eigenvalue weighted by Crippen LogP contribution is 2.19. The lowest BCUT2D eigenvalue weighted by atomic mass is 10.0. The van der Waals surface area contributed by atoms with Gasteiger partial charge in [0.15, 0.2) is 0 Å². The van der Waals surface area contributed by atoms with E-state index in [4.69, 9.17) is 4.74 Å². The third-order valence-corrected chi connectivity index (χ3v) is 13.7. The monoisotopic (exact) mass is 892 g/mol. The summed E-state index contributed by atoms with van der Waals surface area (Å²) in [5, 5.41) is 23.8. The number of rotatable bonds is 53. The lowest BCUT2D eigenvalue weighted by Gasteiger charge is -2.24. The molecule has 1 amide bonds. The summed E-state index contributed by atoms with van der Waals surface area (Å²) in [7, 11) is 0. The van der Waals surface area contributed by atoms with Crippen molar-refractivity contribution in [2.75, 3.05) is 6.61 Å². The molecule has 0 aromatic heterocycles. The third-order valence-electron chi connectivity index (χ3n) is 13.7. The molecule has 6 heteroatoms. The van der Waals surface area contributed by atoms with Gasteiger partial charge in [-0.1, -0.05) is 290 Å². The van der Waals surface area contributed by atoms with Crippen LogP contribution in [0.2, 0.25) is 0 Å². The van der Waals surface area contributed by atoms with Gasteiger partial charge in [-0.25, -0.2) is 0 Å². The van der Waals surface area contributed by atoms with Crippen LogP contribution in [0.4, 0.5) is 0 Å². The van der Waals surface area contributed by atoms with Gasteiger partial charge in [0.25, 0.3) is 0 Å². The molecule has 376 valence electrons. The van der Waals surface area contributed by atoms with Gasteiger partial charge in [-0.15, -0.1) is 0 Å². The van der Waals surface area contributed by atoms with Crippen molar-refractivity contribution in [3.8, 4) is 0 Å². The largest absolute Gasteiger partial charge is 0.462 e. The average molecular weight is 893 g/mol. The Labute approximate surface area is 394 Å². The molecule has 3 N–H and O–H groups in total. The molecule has 0 aromatic rings. The van der Waals surface area contributed by atoms with E-state index in [1.807, 2.05) is 0 Å². The van der Waals surface area contributed by atoms with Crippen LogP contribution in [0.25, 0.3) is 0 Å². The molecule has 3 atom stereocenters. The number of ether oxygens (including phenoxy) is 1. The molecule has 0 aromatic carbocycles. The standard InChI is InChI=1S/C57H113NO5/c1-4-7-10-13-16-19-22-25-27-28-30-32-35-38-41-44-47-50-57(62)63-53(48-45-42-39-36-33-31-29-26-23-20-17-14-11-8-5-2)51-56(61)58-54(52-59)55(60)49-46-43-40-37-34-24-21-18-15-12-9-6-3/h53-55,59-60H,4-52H2,1-3H3,(H,58,61). The fraction of sp³-hybridized carbons (Fsp3) is 0.965. The molecule has 3 unspecified atom stereocenters. The van der Waals surface area contributed by atoms with Crippen LogP contribution in [0.3, 0.4) is 0 Å². The van der Waals surface area contributed by atoms with Gasteiger partial charge in [-0.3, -0.25) is 9.59 Å². The van der Waals surface area contributed by atoms with E-state index in [0.29, 0.717) is 19.3 Å². The summed E-state index contributed by atoms with van der Waals surface area (Å²) < 4.78 is 5.97. The van der Waals surface area contributed by atoms with E-state index in [1.54, 1.807) is 0 Å². The first-order chi connectivity index (χ1) is 31.0. The maximum absolute atomic E-state index is 13.2. The smallest absolute Gasteiger partial charge is 0.306 e. The summed E-state index contributed by atoms with van der Waals surface area (Å²) in [6, 6.07) is -0.692. The second-order valence-corrected chi connectivity index (χ2v) is 20.1. The minimum atomic E-state index is -0.779. The number of carbonyl (C=O) groups excluding carboxylic acids is 2. The van der Waals surface area contributed by atoms with E-state index in [1.165, 1.54) is 244 Å². The van der Waals surface area contributed by atoms with Crippen molar-refractivity contribution < 1.29 is 24.5 Å². The Kier molecular flexibility index (Phi) is 50.9. The molecule has 0 saturated carbocycles. The Morgan fingerprint density at radius 3 is 0.968 bits per heavy atom. The zero-order chi connectivity index (χ0) is 45.9. The number of esters is 1. The predicted molar refractivity (Wildman–Crippen MR) is 274 cm³/mol. The van der Waals surface area contributed by atoms with Crippen LogP contribution in [-0.4, -0.2) is 46.9 Å². The maximum atomic E-state index is 13.2. The van der Waals surface area contributed by atoms with Gasteiger partial charge in [0.2, 0.25) is 5.91 Å². The highest BCUT2D eigenvalue weighted by Gasteiger charge is 2.24. The Morgan fingerprint density at radius 1 is 0.397 bits per heavy atom. The first-order valence-corrected chi connectivity index (χ1v) is 28.8. The van der Waals surface area contributed by atoms with Gasteiger partial charge in [0.1, 0.15) is 6.10 Å². The van der Waals surface area contributed by atoms with Crippen LogP contribution in [-0.2, 0) is 14.3 Å². The summed E-state index contributed by atoms with van der Waals surface area (Å²) >= 11 is 0. The van der Waals surface area contributed by atoms with E-state index in [0.717, 1.165) is 38.5 Å². The van der Waals surface area contributed by atoms with Crippen molar-refractivity contribution in [2.45, 2.75) is 347 Å². The van der Waals surface area contributed by atoms with Gasteiger partial charge in [-0.2, -0.15) is 0 Å². The zero-order valence-corrected chi connectivity index (χ0v) is 43.0. The van der Waals surface area contributed by atoms with E-state index < -0.39 is 18.2 Å². The maximum Gasteiger partial charge on any atom is 0.306 e. The predicted octanol–water partition coefficient (Wildman–Crippen LogP) is 17.5. The Morgan fingerprint density at radius 2 is 0.667 bits per heavy atom. The summed E-state index contributed by atoms with van der Waals surface area (Å²) in [5.41, 5.74) is 0. The molecular formula is C57H113NO5. The Bertz CT molecular complexity index is 913. The van der Waals surface area contributed by atoms with Crippen LogP contribution >= 0.6 is 0 Å². The lowest BCUT2D eigenvalue weighted by Crippen LogP contribution is -2.46. The molecule has 0 fully saturated rings. The fourth-order valence-electron chi connectivity index (χ4n) is 9.32. The molecule has 63 heavy (non-hydrogen) atoms. The molecule has 0 rings (SSSR count). The fourth-order valence-corrected chi connectivity index (χ4v) is 9.32. The molecule has 0 radical (unpaired) electrons. The number of aliphatic hydroxyl groups is 2. The average Bonchev–Trinajstić information content (AvgIpc) is 3.28. The first-order valence-electron chi connectivity index (χ1n) is 28.8. The third kappa shape index (κ3) is 47.2. The van der Waals surface area contributed by atoms with Gasteiger partial charge >= 0.3 is 5.97 Å². The molecule has 0 bridgehead atoms. The second kappa shape index (κ2) is 51.8. The molecule has 0 aliphatic heterocycles. The molecule has 0 aliphatic carbocycles. The number of unbranched alkanes of at least 4 members (excludes halogenated alkanes) is 41. The molecule has 0 aliphatic rings. The highest BCUT2D eigenvalue weighted by molar-refractivity contribution is 5.77. The van der Waals surface area contributed by atoms with Crippen molar-refractivity contribution in [3.63, 3.8) is 0 Å². The van der Waals surface area contributed by atoms with Gasteiger partial charge < -0.3 is 20.3 Å². The molecule has 0 spiro atoms. The Balaban J connectivity index is 4.48. The van der Waals surface area contributed by atoms with E-state index >= 15 is 0 Å². The molecular weight excluding hydrogens is 779 g/mol. The molecule has 6 nitrogen and oxygen atoms in total. The topological polar surface area (TPSA) is 95.9 Å². The molecule has 0 saturated heterocycles.